The molecule has 76 valence electrons. The second kappa shape index (κ2) is 3.39. The van der Waals surface area contributed by atoms with Crippen LogP contribution in [0.1, 0.15) is 30.0 Å². The van der Waals surface area contributed by atoms with Gasteiger partial charge in [0.25, 0.3) is 0 Å². The van der Waals surface area contributed by atoms with Crippen LogP contribution in [-0.4, -0.2) is 11.7 Å². The van der Waals surface area contributed by atoms with E-state index in [0.29, 0.717) is 6.61 Å². The summed E-state index contributed by atoms with van der Waals surface area (Å²) >= 11 is 0. The summed E-state index contributed by atoms with van der Waals surface area (Å²) in [7, 11) is 0. The van der Waals surface area contributed by atoms with Crippen molar-refractivity contribution >= 4 is 0 Å². The van der Waals surface area contributed by atoms with Crippen molar-refractivity contribution < 1.29 is 5.11 Å². The highest BCUT2D eigenvalue weighted by molar-refractivity contribution is 5.37. The minimum atomic E-state index is 0.135. The molecule has 1 aromatic carbocycles. The average molecular weight is 190 g/mol. The number of fused-ring (bicyclic) bond motifs is 1. The first-order valence-corrected chi connectivity index (χ1v) is 5.38. The number of hydrogen-bond acceptors (Lipinski definition) is 1. The molecule has 0 aliphatic heterocycles. The summed E-state index contributed by atoms with van der Waals surface area (Å²) in [5.41, 5.74) is 4.34. The third-order valence-corrected chi connectivity index (χ3v) is 3.58. The van der Waals surface area contributed by atoms with Gasteiger partial charge in [0.2, 0.25) is 0 Å². The van der Waals surface area contributed by atoms with Gasteiger partial charge in [-0.2, -0.15) is 0 Å². The fraction of sp³-hybridized carbons (Fsp3) is 0.538. The predicted octanol–water partition coefficient (Wildman–Crippen LogP) is 2.48. The van der Waals surface area contributed by atoms with Crippen LogP contribution in [0.5, 0.6) is 0 Å². The molecule has 1 aliphatic rings. The maximum Gasteiger partial charge on any atom is 0.0493 e. The third-order valence-electron chi connectivity index (χ3n) is 3.58. The molecule has 0 unspecified atom stereocenters. The van der Waals surface area contributed by atoms with E-state index in [1.807, 2.05) is 0 Å². The Labute approximate surface area is 85.8 Å². The second-order valence-electron chi connectivity index (χ2n) is 4.64. The van der Waals surface area contributed by atoms with E-state index in [9.17, 15) is 5.11 Å². The number of benzene rings is 1. The maximum absolute atomic E-state index is 9.46. The highest BCUT2D eigenvalue weighted by Gasteiger charge is 2.34. The van der Waals surface area contributed by atoms with Gasteiger partial charge in [0.1, 0.15) is 0 Å². The molecule has 0 saturated carbocycles. The zero-order valence-corrected chi connectivity index (χ0v) is 9.01. The average Bonchev–Trinajstić information content (AvgIpc) is 2.56. The predicted molar refractivity (Wildman–Crippen MR) is 58.4 cm³/mol. The summed E-state index contributed by atoms with van der Waals surface area (Å²) in [5.74, 6) is 0. The molecular formula is C13H18O. The van der Waals surface area contributed by atoms with Crippen LogP contribution in [0.15, 0.2) is 18.2 Å². The first-order chi connectivity index (χ1) is 6.69. The Balaban J connectivity index is 2.33. The van der Waals surface area contributed by atoms with Gasteiger partial charge in [-0.1, -0.05) is 30.7 Å². The van der Waals surface area contributed by atoms with Crippen LogP contribution < -0.4 is 0 Å². The molecule has 0 saturated heterocycles. The minimum absolute atomic E-state index is 0.135. The molecule has 2 rings (SSSR count). The van der Waals surface area contributed by atoms with E-state index < -0.39 is 0 Å². The van der Waals surface area contributed by atoms with Gasteiger partial charge in [-0.05, 0) is 37.3 Å². The van der Waals surface area contributed by atoms with E-state index in [0.717, 1.165) is 19.3 Å². The standard InChI is InChI=1S/C13H18O/c1-3-13(9-14)7-11-5-4-10(2)6-12(11)8-13/h4-6,14H,3,7-9H2,1-2H3/t13-/m1/s1. The summed E-state index contributed by atoms with van der Waals surface area (Å²) in [6.07, 6.45) is 3.17. The Morgan fingerprint density at radius 3 is 2.64 bits per heavy atom. The monoisotopic (exact) mass is 190 g/mol. The Morgan fingerprint density at radius 2 is 2.00 bits per heavy atom. The lowest BCUT2D eigenvalue weighted by atomic mass is 9.83. The van der Waals surface area contributed by atoms with Gasteiger partial charge in [-0.15, -0.1) is 0 Å². The fourth-order valence-corrected chi connectivity index (χ4v) is 2.44. The lowest BCUT2D eigenvalue weighted by molar-refractivity contribution is 0.130. The highest BCUT2D eigenvalue weighted by atomic mass is 16.3. The Hall–Kier alpha value is -0.820. The van der Waals surface area contributed by atoms with Crippen molar-refractivity contribution in [2.45, 2.75) is 33.1 Å². The van der Waals surface area contributed by atoms with Crippen molar-refractivity contribution in [3.05, 3.63) is 34.9 Å². The highest BCUT2D eigenvalue weighted by Crippen LogP contribution is 2.39. The minimum Gasteiger partial charge on any atom is -0.396 e. The van der Waals surface area contributed by atoms with Crippen LogP contribution >= 0.6 is 0 Å². The van der Waals surface area contributed by atoms with Crippen molar-refractivity contribution in [3.63, 3.8) is 0 Å². The number of aliphatic hydroxyl groups excluding tert-OH is 1. The molecule has 0 heterocycles. The molecule has 1 atom stereocenters. The van der Waals surface area contributed by atoms with Gasteiger partial charge >= 0.3 is 0 Å². The zero-order valence-electron chi connectivity index (χ0n) is 9.01. The van der Waals surface area contributed by atoms with E-state index in [1.165, 1.54) is 16.7 Å². The Morgan fingerprint density at radius 1 is 1.29 bits per heavy atom. The van der Waals surface area contributed by atoms with Gasteiger partial charge in [0.15, 0.2) is 0 Å². The van der Waals surface area contributed by atoms with Crippen molar-refractivity contribution in [1.82, 2.24) is 0 Å². The number of hydrogen-bond donors (Lipinski definition) is 1. The van der Waals surface area contributed by atoms with Gasteiger partial charge in [0, 0.05) is 12.0 Å². The van der Waals surface area contributed by atoms with Crippen molar-refractivity contribution in [1.29, 1.82) is 0 Å². The number of aryl methyl sites for hydroxylation is 1. The SMILES string of the molecule is CC[C@@]1(CO)Cc2ccc(C)cc2C1. The Bertz CT molecular complexity index is 337. The van der Waals surface area contributed by atoms with Gasteiger partial charge in [0.05, 0.1) is 0 Å². The molecule has 0 amide bonds. The molecule has 0 bridgehead atoms. The van der Waals surface area contributed by atoms with Crippen LogP contribution in [0.25, 0.3) is 0 Å². The number of rotatable bonds is 2. The summed E-state index contributed by atoms with van der Waals surface area (Å²) in [6.45, 7) is 4.62. The second-order valence-corrected chi connectivity index (χ2v) is 4.64. The molecule has 1 aromatic rings. The molecule has 14 heavy (non-hydrogen) atoms. The smallest absolute Gasteiger partial charge is 0.0493 e. The van der Waals surface area contributed by atoms with Gasteiger partial charge < -0.3 is 5.11 Å². The van der Waals surface area contributed by atoms with Crippen LogP contribution in [0.2, 0.25) is 0 Å². The largest absolute Gasteiger partial charge is 0.396 e. The first-order valence-electron chi connectivity index (χ1n) is 5.38. The third kappa shape index (κ3) is 1.46. The van der Waals surface area contributed by atoms with Crippen molar-refractivity contribution in [2.75, 3.05) is 6.61 Å². The normalized spacial score (nSPS) is 25.1. The summed E-state index contributed by atoms with van der Waals surface area (Å²) < 4.78 is 0. The summed E-state index contributed by atoms with van der Waals surface area (Å²) in [4.78, 5) is 0. The van der Waals surface area contributed by atoms with E-state index >= 15 is 0 Å². The lowest BCUT2D eigenvalue weighted by Crippen LogP contribution is -2.24. The van der Waals surface area contributed by atoms with Crippen molar-refractivity contribution in [2.24, 2.45) is 5.41 Å². The van der Waals surface area contributed by atoms with E-state index in [4.69, 9.17) is 0 Å². The van der Waals surface area contributed by atoms with Crippen molar-refractivity contribution in [3.8, 4) is 0 Å². The van der Waals surface area contributed by atoms with Crippen LogP contribution in [0, 0.1) is 12.3 Å². The van der Waals surface area contributed by atoms with E-state index in [-0.39, 0.29) is 5.41 Å². The maximum atomic E-state index is 9.46. The molecule has 0 spiro atoms. The summed E-state index contributed by atoms with van der Waals surface area (Å²) in [6, 6.07) is 6.65. The van der Waals surface area contributed by atoms with E-state index in [2.05, 4.69) is 32.0 Å². The molecule has 1 aliphatic carbocycles. The molecule has 1 heteroatoms. The fourth-order valence-electron chi connectivity index (χ4n) is 2.44. The molecule has 0 fully saturated rings. The van der Waals surface area contributed by atoms with Crippen LogP contribution in [0.3, 0.4) is 0 Å². The van der Waals surface area contributed by atoms with Crippen LogP contribution in [0.4, 0.5) is 0 Å². The lowest BCUT2D eigenvalue weighted by Gasteiger charge is -2.24. The zero-order chi connectivity index (χ0) is 10.2. The van der Waals surface area contributed by atoms with E-state index in [1.54, 1.807) is 0 Å². The van der Waals surface area contributed by atoms with Gasteiger partial charge in [-0.3, -0.25) is 0 Å². The molecule has 0 radical (unpaired) electrons. The first kappa shape index (κ1) is 9.72. The molecular weight excluding hydrogens is 172 g/mol. The topological polar surface area (TPSA) is 20.2 Å². The Kier molecular flexibility index (Phi) is 2.36. The molecule has 0 aromatic heterocycles. The summed E-state index contributed by atoms with van der Waals surface area (Å²) in [5, 5.41) is 9.46. The van der Waals surface area contributed by atoms with Gasteiger partial charge in [-0.25, -0.2) is 0 Å². The molecule has 1 N–H and O–H groups in total. The van der Waals surface area contributed by atoms with Crippen LogP contribution in [-0.2, 0) is 12.8 Å². The number of aliphatic hydroxyl groups is 1. The quantitative estimate of drug-likeness (QED) is 0.759. The molecule has 1 nitrogen and oxygen atoms in total.